The highest BCUT2D eigenvalue weighted by molar-refractivity contribution is 5.25. The summed E-state index contributed by atoms with van der Waals surface area (Å²) in [5, 5.41) is 0. The molecule has 3 atom stereocenters. The van der Waals surface area contributed by atoms with Crippen molar-refractivity contribution in [1.82, 2.24) is 14.9 Å². The van der Waals surface area contributed by atoms with Crippen LogP contribution in [0.15, 0.2) is 42.7 Å². The smallest absolute Gasteiger partial charge is 0.217 e. The van der Waals surface area contributed by atoms with Crippen LogP contribution in [0.1, 0.15) is 18.4 Å². The first-order valence-electron chi connectivity index (χ1n) is 8.76. The Labute approximate surface area is 147 Å². The van der Waals surface area contributed by atoms with E-state index in [1.54, 1.807) is 19.5 Å². The van der Waals surface area contributed by atoms with Crippen molar-refractivity contribution in [2.75, 3.05) is 20.3 Å². The summed E-state index contributed by atoms with van der Waals surface area (Å²) in [6, 6.07) is 10.1. The Hall–Kier alpha value is -2.18. The molecule has 0 aliphatic carbocycles. The predicted octanol–water partition coefficient (Wildman–Crippen LogP) is 2.30. The zero-order valence-electron chi connectivity index (χ0n) is 14.4. The molecule has 2 aliphatic heterocycles. The van der Waals surface area contributed by atoms with Crippen molar-refractivity contribution in [1.29, 1.82) is 0 Å². The lowest BCUT2D eigenvalue weighted by atomic mass is 10.0. The highest BCUT2D eigenvalue weighted by Crippen LogP contribution is 2.33. The molecule has 25 heavy (non-hydrogen) atoms. The Bertz CT molecular complexity index is 697. The number of hydrogen-bond donors (Lipinski definition) is 0. The Morgan fingerprint density at radius 2 is 2.12 bits per heavy atom. The van der Waals surface area contributed by atoms with Gasteiger partial charge >= 0.3 is 0 Å². The van der Waals surface area contributed by atoms with Crippen LogP contribution in [0.2, 0.25) is 0 Å². The van der Waals surface area contributed by atoms with Gasteiger partial charge < -0.3 is 14.2 Å². The zero-order valence-corrected chi connectivity index (χ0v) is 14.4. The Balaban J connectivity index is 1.52. The SMILES string of the molecule is COc1ncccc1CN1C[C@@H](Oc2ccccn2)[C@H]2OCCC[C@H]21. The first kappa shape index (κ1) is 16.3. The molecule has 0 aromatic carbocycles. The minimum atomic E-state index is -0.0112. The number of hydrogen-bond acceptors (Lipinski definition) is 6. The maximum absolute atomic E-state index is 6.14. The molecular weight excluding hydrogens is 318 g/mol. The fourth-order valence-corrected chi connectivity index (χ4v) is 3.81. The minimum absolute atomic E-state index is 0.0112. The maximum Gasteiger partial charge on any atom is 0.217 e. The van der Waals surface area contributed by atoms with Crippen molar-refractivity contribution in [3.05, 3.63) is 48.3 Å². The van der Waals surface area contributed by atoms with Crippen molar-refractivity contribution in [2.45, 2.75) is 37.6 Å². The quantitative estimate of drug-likeness (QED) is 0.832. The average molecular weight is 341 g/mol. The summed E-state index contributed by atoms with van der Waals surface area (Å²) in [6.07, 6.45) is 5.78. The van der Waals surface area contributed by atoms with Crippen LogP contribution in [-0.4, -0.2) is 53.4 Å². The van der Waals surface area contributed by atoms with E-state index in [1.807, 2.05) is 24.3 Å². The molecule has 2 aromatic heterocycles. The third kappa shape index (κ3) is 3.45. The monoisotopic (exact) mass is 341 g/mol. The summed E-state index contributed by atoms with van der Waals surface area (Å²) in [5.74, 6) is 1.34. The summed E-state index contributed by atoms with van der Waals surface area (Å²) in [5.41, 5.74) is 1.09. The van der Waals surface area contributed by atoms with Crippen LogP contribution >= 0.6 is 0 Å². The fraction of sp³-hybridized carbons (Fsp3) is 0.474. The van der Waals surface area contributed by atoms with Crippen LogP contribution in [0, 0.1) is 0 Å². The van der Waals surface area contributed by atoms with E-state index in [0.717, 1.165) is 38.1 Å². The van der Waals surface area contributed by atoms with Gasteiger partial charge in [0.05, 0.1) is 7.11 Å². The van der Waals surface area contributed by atoms with Crippen LogP contribution in [0.25, 0.3) is 0 Å². The van der Waals surface area contributed by atoms with Crippen molar-refractivity contribution in [3.8, 4) is 11.8 Å². The second-order valence-electron chi connectivity index (χ2n) is 6.47. The van der Waals surface area contributed by atoms with Crippen LogP contribution in [0.4, 0.5) is 0 Å². The third-order valence-electron chi connectivity index (χ3n) is 4.91. The predicted molar refractivity (Wildman–Crippen MR) is 92.6 cm³/mol. The summed E-state index contributed by atoms with van der Waals surface area (Å²) >= 11 is 0. The number of ether oxygens (including phenoxy) is 3. The highest BCUT2D eigenvalue weighted by atomic mass is 16.5. The number of aromatic nitrogens is 2. The van der Waals surface area contributed by atoms with E-state index in [2.05, 4.69) is 20.9 Å². The van der Waals surface area contributed by atoms with Crippen molar-refractivity contribution in [3.63, 3.8) is 0 Å². The number of rotatable bonds is 5. The fourth-order valence-electron chi connectivity index (χ4n) is 3.81. The van der Waals surface area contributed by atoms with Crippen LogP contribution in [-0.2, 0) is 11.3 Å². The summed E-state index contributed by atoms with van der Waals surface area (Å²) in [6.45, 7) is 2.39. The second-order valence-corrected chi connectivity index (χ2v) is 6.47. The topological polar surface area (TPSA) is 56.7 Å². The molecule has 4 heterocycles. The van der Waals surface area contributed by atoms with Gasteiger partial charge in [-0.15, -0.1) is 0 Å². The van der Waals surface area contributed by atoms with Gasteiger partial charge in [0.25, 0.3) is 0 Å². The summed E-state index contributed by atoms with van der Waals surface area (Å²) < 4.78 is 17.6. The van der Waals surface area contributed by atoms with Crippen LogP contribution in [0.5, 0.6) is 11.8 Å². The third-order valence-corrected chi connectivity index (χ3v) is 4.91. The van der Waals surface area contributed by atoms with Gasteiger partial charge in [-0.25, -0.2) is 9.97 Å². The van der Waals surface area contributed by atoms with Gasteiger partial charge in [-0.05, 0) is 25.0 Å². The molecule has 6 heteroatoms. The van der Waals surface area contributed by atoms with Gasteiger partial charge in [-0.1, -0.05) is 12.1 Å². The van der Waals surface area contributed by atoms with Gasteiger partial charge in [0.15, 0.2) is 0 Å². The van der Waals surface area contributed by atoms with E-state index in [0.29, 0.717) is 17.8 Å². The molecule has 2 aromatic rings. The Morgan fingerprint density at radius 1 is 1.20 bits per heavy atom. The Kier molecular flexibility index (Phi) is 4.81. The van der Waals surface area contributed by atoms with E-state index in [1.165, 1.54) is 0 Å². The molecule has 0 unspecified atom stereocenters. The number of nitrogens with zero attached hydrogens (tertiary/aromatic N) is 3. The molecule has 4 rings (SSSR count). The number of fused-ring (bicyclic) bond motifs is 1. The molecule has 2 aliphatic rings. The van der Waals surface area contributed by atoms with Gasteiger partial charge in [0.1, 0.15) is 12.2 Å². The lowest BCUT2D eigenvalue weighted by molar-refractivity contribution is -0.0480. The van der Waals surface area contributed by atoms with Gasteiger partial charge in [-0.3, -0.25) is 4.90 Å². The second kappa shape index (κ2) is 7.37. The van der Waals surface area contributed by atoms with Crippen molar-refractivity contribution < 1.29 is 14.2 Å². The van der Waals surface area contributed by atoms with E-state index in [4.69, 9.17) is 14.2 Å². The largest absolute Gasteiger partial charge is 0.481 e. The molecule has 6 nitrogen and oxygen atoms in total. The minimum Gasteiger partial charge on any atom is -0.481 e. The molecule has 0 saturated carbocycles. The van der Waals surface area contributed by atoms with E-state index >= 15 is 0 Å². The molecule has 0 spiro atoms. The number of likely N-dealkylation sites (tertiary alicyclic amines) is 1. The van der Waals surface area contributed by atoms with Gasteiger partial charge in [0, 0.05) is 49.8 Å². The van der Waals surface area contributed by atoms with E-state index in [-0.39, 0.29) is 12.2 Å². The summed E-state index contributed by atoms with van der Waals surface area (Å²) in [4.78, 5) is 11.0. The Morgan fingerprint density at radius 3 is 2.96 bits per heavy atom. The molecule has 0 amide bonds. The molecule has 0 N–H and O–H groups in total. The van der Waals surface area contributed by atoms with E-state index < -0.39 is 0 Å². The van der Waals surface area contributed by atoms with Gasteiger partial charge in [0.2, 0.25) is 11.8 Å². The average Bonchev–Trinajstić information content (AvgIpc) is 3.01. The maximum atomic E-state index is 6.14. The van der Waals surface area contributed by atoms with Crippen molar-refractivity contribution in [2.24, 2.45) is 0 Å². The van der Waals surface area contributed by atoms with Crippen molar-refractivity contribution >= 4 is 0 Å². The van der Waals surface area contributed by atoms with Crippen LogP contribution < -0.4 is 9.47 Å². The lowest BCUT2D eigenvalue weighted by Gasteiger charge is -2.32. The molecule has 0 radical (unpaired) electrons. The molecule has 2 fully saturated rings. The molecule has 0 bridgehead atoms. The molecule has 132 valence electrons. The normalized spacial score (nSPS) is 26.2. The van der Waals surface area contributed by atoms with E-state index in [9.17, 15) is 0 Å². The molecule has 2 saturated heterocycles. The van der Waals surface area contributed by atoms with Crippen LogP contribution in [0.3, 0.4) is 0 Å². The zero-order chi connectivity index (χ0) is 17.1. The number of methoxy groups -OCH3 is 1. The summed E-state index contributed by atoms with van der Waals surface area (Å²) in [7, 11) is 1.66. The molecular formula is C19H23N3O3. The highest BCUT2D eigenvalue weighted by Gasteiger charge is 2.45. The first-order chi connectivity index (χ1) is 12.3. The number of pyridine rings is 2. The standard InChI is InChI=1S/C19H23N3O3/c1-23-19-14(6-4-10-21-19)12-22-13-16(18-15(22)7-5-11-24-18)25-17-8-2-3-9-20-17/h2-4,6,8-10,15-16,18H,5,7,11-13H2,1H3/t15-,16-,18+/m1/s1. The lowest BCUT2D eigenvalue weighted by Crippen LogP contribution is -2.42. The first-order valence-corrected chi connectivity index (χ1v) is 8.76. The van der Waals surface area contributed by atoms with Gasteiger partial charge in [-0.2, -0.15) is 0 Å².